The molecule has 16 nitrogen and oxygen atoms in total. The Morgan fingerprint density at radius 2 is 0.527 bits per heavy atom. The maximum Gasteiger partial charge on any atom is 0.338 e. The van der Waals surface area contributed by atoms with E-state index < -0.39 is 11.9 Å². The average molecular weight is 1500 g/mol. The minimum atomic E-state index is -0.493. The van der Waals surface area contributed by atoms with Crippen LogP contribution in [-0.4, -0.2) is 105 Å². The van der Waals surface area contributed by atoms with Crippen molar-refractivity contribution in [3.8, 4) is 89.0 Å². The van der Waals surface area contributed by atoms with Crippen LogP contribution >= 0.6 is 0 Å². The molecule has 0 heterocycles. The summed E-state index contributed by atoms with van der Waals surface area (Å²) in [7, 11) is 18.8. The smallest absolute Gasteiger partial charge is 0.338 e. The van der Waals surface area contributed by atoms with E-state index in [1.165, 1.54) is 93.4 Å². The Kier molecular flexibility index (Phi) is 29.4. The fraction of sp³-hybridized carbons (Fsp3) is 0.188. The summed E-state index contributed by atoms with van der Waals surface area (Å²) in [4.78, 5) is 55.0. The number of carbonyl (C=O) groups is 2. The van der Waals surface area contributed by atoms with E-state index in [9.17, 15) is 19.2 Å². The average Bonchev–Trinajstić information content (AvgIpc) is 0.772. The maximum atomic E-state index is 12.6. The Bertz CT molecular complexity index is 5280. The normalized spacial score (nSPS) is 10.3. The highest BCUT2D eigenvalue weighted by atomic mass is 16.5. The molecule has 0 aliphatic carbocycles. The lowest BCUT2D eigenvalue weighted by atomic mass is 9.83. The molecule has 0 atom stereocenters. The summed E-state index contributed by atoms with van der Waals surface area (Å²) in [6.07, 6.45) is 2.71. The lowest BCUT2D eigenvalue weighted by molar-refractivity contribution is 0.0592. The van der Waals surface area contributed by atoms with Crippen molar-refractivity contribution in [2.45, 2.75) is 55.4 Å². The summed E-state index contributed by atoms with van der Waals surface area (Å²) < 4.78 is 9.90. The van der Waals surface area contributed by atoms with Crippen molar-refractivity contribution in [1.82, 2.24) is 0 Å². The summed E-state index contributed by atoms with van der Waals surface area (Å²) in [6, 6.07) is 74.4. The van der Waals surface area contributed by atoms with E-state index in [1.807, 2.05) is 120 Å². The molecule has 16 heteroatoms. The van der Waals surface area contributed by atoms with Gasteiger partial charge in [0, 0.05) is 125 Å². The van der Waals surface area contributed by atoms with E-state index >= 15 is 0 Å². The predicted octanol–water partition coefficient (Wildman–Crippen LogP) is 18.8. The third kappa shape index (κ3) is 19.6. The number of rotatable bonds is 16. The molecule has 0 aliphatic rings. The van der Waals surface area contributed by atoms with E-state index in [1.54, 1.807) is 30.2 Å². The summed E-state index contributed by atoms with van der Waals surface area (Å²) in [6.45, 7) is 16.4. The van der Waals surface area contributed by atoms with Gasteiger partial charge in [0.15, 0.2) is 0 Å². The number of aryl methyl sites for hydroxylation is 8. The second kappa shape index (κ2) is 38.2. The number of nitrogen functional groups attached to an aromatic ring is 4. The van der Waals surface area contributed by atoms with Gasteiger partial charge in [0.2, 0.25) is 0 Å². The lowest BCUT2D eigenvalue weighted by Crippen LogP contribution is -2.13. The van der Waals surface area contributed by atoms with Crippen LogP contribution in [0.25, 0.3) is 101 Å². The molecular formula is C96H104N8O8. The van der Waals surface area contributed by atoms with Crippen LogP contribution in [-0.2, 0) is 19.1 Å². The van der Waals surface area contributed by atoms with Crippen LogP contribution in [0.1, 0.15) is 76.4 Å². The molecule has 12 N–H and O–H groups in total. The number of esters is 2. The quantitative estimate of drug-likeness (QED) is 0.0398. The molecule has 0 radical (unpaired) electrons. The standard InChI is InChI=1S/C30H32N2.C26H24N2.C22H26N2O3.C18H18N2O3.2H2O/c1-21-17-25(31(3)4)19-27(23-13-9-7-10-14-23)29(21)30-22(2)18-26(32(5)6)20-28(30)24-15-11-8-12-16-24;1-17-13-21(27)15-23(19-9-5-3-6-10-19)25(17)26-18(2)14-22(28)16-24(26)20-11-7-4-8-12-20;1-14-10-17(23(3)4)12-16(8-9-25)20(14)21-15(2)11-18(24(5)6)13-19(21)22(26)27-7;1-10-6-13(19)8-12(4-5-21)16(10)17-11(2)7-14(20)9-15(17)18(22)23-3;;/h7-20H,1-6H3;3-16H,27-28H2,1-2H3;8,10-13H,1-7H3;4,6-9H,19-20H2,1-3H3;2*1H2. The topological polar surface area (TPSA) is 267 Å². The van der Waals surface area contributed by atoms with Gasteiger partial charge in [-0.3, -0.25) is 0 Å². The van der Waals surface area contributed by atoms with Gasteiger partial charge in [-0.05, 0) is 286 Å². The van der Waals surface area contributed by atoms with E-state index in [2.05, 4.69) is 211 Å². The summed E-state index contributed by atoms with van der Waals surface area (Å²) in [5.41, 5.74) is 59.3. The Morgan fingerprint density at radius 3 is 0.839 bits per heavy atom. The van der Waals surface area contributed by atoms with Gasteiger partial charge >= 0.3 is 11.9 Å². The molecule has 0 fully saturated rings. The number of hydrogen-bond acceptors (Lipinski definition) is 14. The highest BCUT2D eigenvalue weighted by Crippen LogP contribution is 2.48. The molecule has 0 spiro atoms. The highest BCUT2D eigenvalue weighted by molar-refractivity contribution is 6.05. The van der Waals surface area contributed by atoms with Crippen LogP contribution in [0.4, 0.5) is 45.5 Å². The molecule has 0 bridgehead atoms. The molecule has 0 unspecified atom stereocenters. The van der Waals surface area contributed by atoms with Crippen molar-refractivity contribution in [2.24, 2.45) is 0 Å². The third-order valence-corrected chi connectivity index (χ3v) is 19.4. The number of nitrogens with zero attached hydrogens (tertiary/aromatic N) is 4. The minimum absolute atomic E-state index is 0. The van der Waals surface area contributed by atoms with Gasteiger partial charge in [-0.15, -0.1) is 0 Å². The van der Waals surface area contributed by atoms with Crippen molar-refractivity contribution in [3.05, 3.63) is 285 Å². The molecule has 12 aromatic carbocycles. The number of hydrogen-bond donors (Lipinski definition) is 4. The van der Waals surface area contributed by atoms with Crippen LogP contribution in [0.15, 0.2) is 218 Å². The van der Waals surface area contributed by atoms with Crippen molar-refractivity contribution in [2.75, 3.05) is 113 Å². The van der Waals surface area contributed by atoms with Crippen LogP contribution in [0.5, 0.6) is 0 Å². The second-order valence-corrected chi connectivity index (χ2v) is 28.4. The fourth-order valence-electron chi connectivity index (χ4n) is 14.4. The van der Waals surface area contributed by atoms with Crippen LogP contribution in [0.3, 0.4) is 0 Å². The molecular weight excluding hydrogens is 1390 g/mol. The van der Waals surface area contributed by atoms with E-state index in [4.69, 9.17) is 32.4 Å². The van der Waals surface area contributed by atoms with Gasteiger partial charge in [-0.2, -0.15) is 0 Å². The molecule has 12 rings (SSSR count). The zero-order valence-electron chi connectivity index (χ0n) is 67.5. The number of carbonyl (C=O) groups excluding carboxylic acids is 4. The molecule has 0 aliphatic heterocycles. The number of nitrogens with two attached hydrogens (primary N) is 4. The zero-order valence-corrected chi connectivity index (χ0v) is 67.5. The van der Waals surface area contributed by atoms with Gasteiger partial charge < -0.3 is 63.0 Å². The van der Waals surface area contributed by atoms with Gasteiger partial charge in [0.25, 0.3) is 0 Å². The van der Waals surface area contributed by atoms with Gasteiger partial charge in [0.1, 0.15) is 11.9 Å². The van der Waals surface area contributed by atoms with Crippen LogP contribution in [0, 0.1) is 55.4 Å². The third-order valence-electron chi connectivity index (χ3n) is 19.4. The minimum Gasteiger partial charge on any atom is -0.465 e. The number of methoxy groups -OCH3 is 2. The van der Waals surface area contributed by atoms with Crippen molar-refractivity contribution in [1.29, 1.82) is 0 Å². The molecule has 12 aromatic rings. The first-order chi connectivity index (χ1) is 52.5. The fourth-order valence-corrected chi connectivity index (χ4v) is 14.4. The molecule has 0 saturated carbocycles. The monoisotopic (exact) mass is 1500 g/mol. The SMILES string of the molecule is COC(=O)c1cc(N(C)C)cc(C)c1-c1c(C)cc(N(C)C)cc1C=C=O.COC(=O)c1cc(N)cc(C)c1-c1c(C)cc(N)cc1C=C=O.Cc1cc(N(C)C)cc(-c2ccccc2)c1-c1c(C)cc(N(C)C)cc1-c1ccccc1.Cc1cc(N)cc(-c2ccccc2)c1-c1c(C)cc(N)cc1-c1ccccc1.O.O. The Balaban J connectivity index is 0.000000207. The molecule has 0 aromatic heterocycles. The Labute approximate surface area is 660 Å². The van der Waals surface area contributed by atoms with E-state index in [0.29, 0.717) is 33.6 Å². The highest BCUT2D eigenvalue weighted by Gasteiger charge is 2.26. The predicted molar refractivity (Wildman–Crippen MR) is 472 cm³/mol. The number of anilines is 8. The van der Waals surface area contributed by atoms with E-state index in [0.717, 1.165) is 101 Å². The van der Waals surface area contributed by atoms with Crippen molar-refractivity contribution >= 4 is 81.5 Å². The number of ether oxygens (including phenoxy) is 2. The summed E-state index contributed by atoms with van der Waals surface area (Å²) in [5, 5.41) is 0. The second-order valence-electron chi connectivity index (χ2n) is 28.4. The maximum absolute atomic E-state index is 12.6. The molecule has 576 valence electrons. The van der Waals surface area contributed by atoms with Gasteiger partial charge in [-0.25, -0.2) is 19.2 Å². The van der Waals surface area contributed by atoms with E-state index in [-0.39, 0.29) is 11.0 Å². The number of benzene rings is 12. The molecule has 0 saturated heterocycles. The van der Waals surface area contributed by atoms with Gasteiger partial charge in [-0.1, -0.05) is 121 Å². The first-order valence-corrected chi connectivity index (χ1v) is 36.2. The molecule has 112 heavy (non-hydrogen) atoms. The summed E-state index contributed by atoms with van der Waals surface area (Å²) in [5.74, 6) is 2.75. The largest absolute Gasteiger partial charge is 0.465 e. The first-order valence-electron chi connectivity index (χ1n) is 36.2. The van der Waals surface area contributed by atoms with Gasteiger partial charge in [0.05, 0.1) is 25.3 Å². The zero-order chi connectivity index (χ0) is 79.9. The lowest BCUT2D eigenvalue weighted by Gasteiger charge is -2.25. The van der Waals surface area contributed by atoms with Crippen LogP contribution in [0.2, 0.25) is 0 Å². The Morgan fingerprint density at radius 1 is 0.295 bits per heavy atom. The van der Waals surface area contributed by atoms with Crippen LogP contribution < -0.4 is 42.5 Å². The first kappa shape index (κ1) is 86.0. The van der Waals surface area contributed by atoms with Crippen molar-refractivity contribution < 1.29 is 39.6 Å². The summed E-state index contributed by atoms with van der Waals surface area (Å²) >= 11 is 0. The Hall–Kier alpha value is -13.2. The van der Waals surface area contributed by atoms with Crippen molar-refractivity contribution in [3.63, 3.8) is 0 Å². The molecule has 0 amide bonds.